The summed E-state index contributed by atoms with van der Waals surface area (Å²) in [6, 6.07) is 3.86. The molecule has 0 radical (unpaired) electrons. The van der Waals surface area contributed by atoms with Gasteiger partial charge in [-0.1, -0.05) is 6.08 Å². The zero-order chi connectivity index (χ0) is 15.7. The number of nitriles is 1. The van der Waals surface area contributed by atoms with Crippen LogP contribution in [0.15, 0.2) is 23.9 Å². The third-order valence-electron chi connectivity index (χ3n) is 3.98. The van der Waals surface area contributed by atoms with Crippen LogP contribution in [0.3, 0.4) is 0 Å². The number of hydrogen-bond donors (Lipinski definition) is 1. The van der Waals surface area contributed by atoms with Gasteiger partial charge in [-0.25, -0.2) is 0 Å². The lowest BCUT2D eigenvalue weighted by Crippen LogP contribution is -2.41. The minimum atomic E-state index is -0.432. The molecule has 2 heterocycles. The van der Waals surface area contributed by atoms with E-state index in [2.05, 4.69) is 23.7 Å². The molecule has 2 rings (SSSR count). The summed E-state index contributed by atoms with van der Waals surface area (Å²) in [4.78, 5) is 4.05. The summed E-state index contributed by atoms with van der Waals surface area (Å²) in [5.41, 5.74) is 1.51. The number of thiol groups is 1. The van der Waals surface area contributed by atoms with Crippen LogP contribution in [0.25, 0.3) is 6.08 Å². The zero-order valence-corrected chi connectivity index (χ0v) is 13.6. The molecule has 1 aliphatic rings. The van der Waals surface area contributed by atoms with Crippen LogP contribution in [0.5, 0.6) is 0 Å². The average molecular weight is 302 g/mol. The Kier molecular flexibility index (Phi) is 4.47. The maximum atomic E-state index is 8.93. The Labute approximate surface area is 131 Å². The van der Waals surface area contributed by atoms with E-state index in [4.69, 9.17) is 14.6 Å². The second kappa shape index (κ2) is 5.84. The number of rotatable bonds is 3. The van der Waals surface area contributed by atoms with Gasteiger partial charge in [0, 0.05) is 18.1 Å². The molecule has 1 saturated heterocycles. The Morgan fingerprint density at radius 2 is 1.95 bits per heavy atom. The predicted octanol–water partition coefficient (Wildman–Crippen LogP) is 2.90. The van der Waals surface area contributed by atoms with Crippen molar-refractivity contribution in [3.8, 4) is 6.07 Å². The molecule has 6 heteroatoms. The molecule has 0 aromatic carbocycles. The van der Waals surface area contributed by atoms with Crippen LogP contribution in [0.4, 0.5) is 0 Å². The molecule has 0 N–H and O–H groups in total. The molecular weight excluding hydrogens is 283 g/mol. The van der Waals surface area contributed by atoms with Gasteiger partial charge >= 0.3 is 7.12 Å². The molecule has 0 spiro atoms. The SMILES string of the molecule is CC1(C)OB(C(=Cc2cncc(C#N)c2)CS)OC1(C)C. The maximum Gasteiger partial charge on any atom is 0.491 e. The highest BCUT2D eigenvalue weighted by atomic mass is 32.1. The van der Waals surface area contributed by atoms with Crippen LogP contribution < -0.4 is 0 Å². The van der Waals surface area contributed by atoms with E-state index in [-0.39, 0.29) is 11.2 Å². The van der Waals surface area contributed by atoms with E-state index in [1.54, 1.807) is 12.3 Å². The number of aromatic nitrogens is 1. The van der Waals surface area contributed by atoms with Gasteiger partial charge in [0.05, 0.1) is 16.8 Å². The first-order valence-electron chi connectivity index (χ1n) is 6.81. The molecule has 21 heavy (non-hydrogen) atoms. The molecule has 0 saturated carbocycles. The number of pyridine rings is 1. The van der Waals surface area contributed by atoms with Gasteiger partial charge in [0.25, 0.3) is 0 Å². The van der Waals surface area contributed by atoms with E-state index in [0.29, 0.717) is 11.3 Å². The van der Waals surface area contributed by atoms with Gasteiger partial charge in [0.1, 0.15) is 6.07 Å². The van der Waals surface area contributed by atoms with Crippen molar-refractivity contribution in [3.63, 3.8) is 0 Å². The van der Waals surface area contributed by atoms with E-state index in [1.807, 2.05) is 33.8 Å². The highest BCUT2D eigenvalue weighted by Gasteiger charge is 2.52. The summed E-state index contributed by atoms with van der Waals surface area (Å²) >= 11 is 4.37. The van der Waals surface area contributed by atoms with Crippen molar-refractivity contribution in [1.29, 1.82) is 5.26 Å². The smallest absolute Gasteiger partial charge is 0.400 e. The van der Waals surface area contributed by atoms with E-state index >= 15 is 0 Å². The van der Waals surface area contributed by atoms with Gasteiger partial charge in [0.2, 0.25) is 0 Å². The Morgan fingerprint density at radius 3 is 2.48 bits per heavy atom. The number of hydrogen-bond acceptors (Lipinski definition) is 5. The topological polar surface area (TPSA) is 55.1 Å². The molecule has 0 amide bonds. The summed E-state index contributed by atoms with van der Waals surface area (Å²) in [6.07, 6.45) is 5.16. The Morgan fingerprint density at radius 1 is 1.33 bits per heavy atom. The summed E-state index contributed by atoms with van der Waals surface area (Å²) in [5.74, 6) is 0.508. The van der Waals surface area contributed by atoms with Crippen molar-refractivity contribution in [2.24, 2.45) is 0 Å². The molecule has 0 unspecified atom stereocenters. The van der Waals surface area contributed by atoms with E-state index in [1.165, 1.54) is 6.20 Å². The molecule has 1 aromatic heterocycles. The molecule has 1 fully saturated rings. The molecule has 1 aromatic rings. The van der Waals surface area contributed by atoms with Crippen molar-refractivity contribution in [3.05, 3.63) is 35.1 Å². The largest absolute Gasteiger partial charge is 0.491 e. The normalized spacial score (nSPS) is 20.4. The van der Waals surface area contributed by atoms with Crippen LogP contribution >= 0.6 is 12.6 Å². The summed E-state index contributed by atoms with van der Waals surface area (Å²) < 4.78 is 12.0. The molecule has 0 bridgehead atoms. The molecule has 0 atom stereocenters. The third kappa shape index (κ3) is 3.32. The quantitative estimate of drug-likeness (QED) is 0.689. The fraction of sp³-hybridized carbons (Fsp3) is 0.467. The Bertz CT molecular complexity index is 592. The Balaban J connectivity index is 2.29. The standard InChI is InChI=1S/C15H19BN2O2S/c1-14(2)15(3,4)20-16(19-14)13(10-21)6-11-5-12(7-17)9-18-8-11/h5-6,8-9,21H,10H2,1-4H3. The van der Waals surface area contributed by atoms with Crippen LogP contribution in [0, 0.1) is 11.3 Å². The molecule has 1 aliphatic heterocycles. The maximum absolute atomic E-state index is 8.93. The van der Waals surface area contributed by atoms with E-state index in [0.717, 1.165) is 11.0 Å². The fourth-order valence-corrected chi connectivity index (χ4v) is 2.23. The lowest BCUT2D eigenvalue weighted by Gasteiger charge is -2.32. The molecule has 110 valence electrons. The molecule has 0 aliphatic carbocycles. The monoisotopic (exact) mass is 302 g/mol. The van der Waals surface area contributed by atoms with E-state index in [9.17, 15) is 0 Å². The van der Waals surface area contributed by atoms with Gasteiger partial charge in [-0.15, -0.1) is 0 Å². The molecular formula is C15H19BN2O2S. The van der Waals surface area contributed by atoms with Gasteiger partial charge in [0.15, 0.2) is 0 Å². The highest BCUT2D eigenvalue weighted by molar-refractivity contribution is 7.80. The van der Waals surface area contributed by atoms with Crippen LogP contribution in [-0.2, 0) is 9.31 Å². The first kappa shape index (κ1) is 16.1. The first-order chi connectivity index (χ1) is 9.79. The van der Waals surface area contributed by atoms with Crippen molar-refractivity contribution >= 4 is 25.8 Å². The summed E-state index contributed by atoms with van der Waals surface area (Å²) in [7, 11) is -0.432. The van der Waals surface area contributed by atoms with Gasteiger partial charge in [-0.2, -0.15) is 17.9 Å². The summed E-state index contributed by atoms with van der Waals surface area (Å²) in [5, 5.41) is 8.93. The van der Waals surface area contributed by atoms with Crippen LogP contribution in [0.2, 0.25) is 0 Å². The van der Waals surface area contributed by atoms with Crippen LogP contribution in [0.1, 0.15) is 38.8 Å². The average Bonchev–Trinajstić information content (AvgIpc) is 2.65. The van der Waals surface area contributed by atoms with Crippen molar-refractivity contribution < 1.29 is 9.31 Å². The lowest BCUT2D eigenvalue weighted by molar-refractivity contribution is 0.00578. The highest BCUT2D eigenvalue weighted by Crippen LogP contribution is 2.38. The van der Waals surface area contributed by atoms with Gasteiger partial charge in [-0.3, -0.25) is 4.98 Å². The lowest BCUT2D eigenvalue weighted by atomic mass is 9.78. The van der Waals surface area contributed by atoms with Gasteiger partial charge in [-0.05, 0) is 44.8 Å². The number of nitrogens with zero attached hydrogens (tertiary/aromatic N) is 2. The van der Waals surface area contributed by atoms with E-state index < -0.39 is 7.12 Å². The van der Waals surface area contributed by atoms with Crippen LogP contribution in [-0.4, -0.2) is 29.1 Å². The second-order valence-corrected chi connectivity index (χ2v) is 6.40. The van der Waals surface area contributed by atoms with Crippen molar-refractivity contribution in [1.82, 2.24) is 4.98 Å². The van der Waals surface area contributed by atoms with Crippen molar-refractivity contribution in [2.45, 2.75) is 38.9 Å². The first-order valence-corrected chi connectivity index (χ1v) is 7.44. The molecule has 4 nitrogen and oxygen atoms in total. The third-order valence-corrected chi connectivity index (χ3v) is 4.34. The second-order valence-electron chi connectivity index (χ2n) is 6.08. The minimum Gasteiger partial charge on any atom is -0.400 e. The zero-order valence-electron chi connectivity index (χ0n) is 12.8. The minimum absolute atomic E-state index is 0.382. The summed E-state index contributed by atoms with van der Waals surface area (Å²) in [6.45, 7) is 8.06. The Hall–Kier alpha value is -1.29. The predicted molar refractivity (Wildman–Crippen MR) is 86.9 cm³/mol. The van der Waals surface area contributed by atoms with Gasteiger partial charge < -0.3 is 9.31 Å². The van der Waals surface area contributed by atoms with Crippen molar-refractivity contribution in [2.75, 3.05) is 5.75 Å². The fourth-order valence-electron chi connectivity index (χ4n) is 1.99.